The lowest BCUT2D eigenvalue weighted by Crippen LogP contribution is -2.28. The van der Waals surface area contributed by atoms with Crippen LogP contribution in [0.25, 0.3) is 0 Å². The first-order valence-electron chi connectivity index (χ1n) is 8.36. The molecule has 1 N–H and O–H groups in total. The second kappa shape index (κ2) is 6.43. The zero-order valence-electron chi connectivity index (χ0n) is 12.7. The standard InChI is InChI=1S/C18H25F2N/c1-2-8-21-17(18-15(19)4-3-5-16(18)20)11-14-10-12-6-7-13(14)9-12/h3-5,12-14,17,21H,2,6-11H2,1H3. The summed E-state index contributed by atoms with van der Waals surface area (Å²) in [6, 6.07) is 4.01. The van der Waals surface area contributed by atoms with E-state index < -0.39 is 11.6 Å². The fraction of sp³-hybridized carbons (Fsp3) is 0.667. The molecule has 116 valence electrons. The van der Waals surface area contributed by atoms with Crippen molar-refractivity contribution in [1.82, 2.24) is 5.32 Å². The Labute approximate surface area is 126 Å². The van der Waals surface area contributed by atoms with E-state index in [2.05, 4.69) is 12.2 Å². The number of nitrogens with one attached hydrogen (secondary N) is 1. The van der Waals surface area contributed by atoms with Crippen LogP contribution >= 0.6 is 0 Å². The highest BCUT2D eigenvalue weighted by atomic mass is 19.1. The van der Waals surface area contributed by atoms with E-state index in [0.29, 0.717) is 5.92 Å². The second-order valence-corrected chi connectivity index (χ2v) is 6.81. The van der Waals surface area contributed by atoms with Crippen molar-refractivity contribution in [2.45, 2.75) is 51.5 Å². The van der Waals surface area contributed by atoms with Crippen LogP contribution in [-0.2, 0) is 0 Å². The maximum Gasteiger partial charge on any atom is 0.130 e. The predicted octanol–water partition coefficient (Wildman–Crippen LogP) is 4.83. The molecule has 2 saturated carbocycles. The van der Waals surface area contributed by atoms with Crippen LogP contribution in [0.15, 0.2) is 18.2 Å². The molecule has 1 nitrogen and oxygen atoms in total. The summed E-state index contributed by atoms with van der Waals surface area (Å²) in [5, 5.41) is 3.37. The van der Waals surface area contributed by atoms with Crippen molar-refractivity contribution in [2.75, 3.05) is 6.54 Å². The molecular weight excluding hydrogens is 268 g/mol. The third kappa shape index (κ3) is 3.13. The van der Waals surface area contributed by atoms with Crippen LogP contribution < -0.4 is 5.32 Å². The van der Waals surface area contributed by atoms with E-state index >= 15 is 0 Å². The molecular formula is C18H25F2N. The molecule has 1 aromatic rings. The Kier molecular flexibility index (Phi) is 4.58. The first kappa shape index (κ1) is 15.0. The summed E-state index contributed by atoms with van der Waals surface area (Å²) in [7, 11) is 0. The minimum absolute atomic E-state index is 0.185. The van der Waals surface area contributed by atoms with Gasteiger partial charge in [0.25, 0.3) is 0 Å². The Morgan fingerprint density at radius 1 is 1.19 bits per heavy atom. The van der Waals surface area contributed by atoms with Gasteiger partial charge in [0.1, 0.15) is 11.6 Å². The SMILES string of the molecule is CCCNC(CC1CC2CCC1C2)c1c(F)cccc1F. The topological polar surface area (TPSA) is 12.0 Å². The normalized spacial score (nSPS) is 29.0. The van der Waals surface area contributed by atoms with Gasteiger partial charge in [-0.3, -0.25) is 0 Å². The molecule has 2 aliphatic carbocycles. The Bertz CT molecular complexity index is 468. The van der Waals surface area contributed by atoms with Gasteiger partial charge in [0.05, 0.1) is 0 Å². The predicted molar refractivity (Wildman–Crippen MR) is 80.9 cm³/mol. The van der Waals surface area contributed by atoms with Crippen molar-refractivity contribution in [1.29, 1.82) is 0 Å². The lowest BCUT2D eigenvalue weighted by atomic mass is 9.82. The van der Waals surface area contributed by atoms with Crippen LogP contribution in [0.2, 0.25) is 0 Å². The van der Waals surface area contributed by atoms with Crippen LogP contribution in [-0.4, -0.2) is 6.54 Å². The molecule has 2 aliphatic rings. The Morgan fingerprint density at radius 2 is 1.95 bits per heavy atom. The van der Waals surface area contributed by atoms with Gasteiger partial charge in [-0.05, 0) is 68.5 Å². The number of benzene rings is 1. The molecule has 0 spiro atoms. The fourth-order valence-corrected chi connectivity index (χ4v) is 4.43. The van der Waals surface area contributed by atoms with Gasteiger partial charge in [0.2, 0.25) is 0 Å². The minimum Gasteiger partial charge on any atom is -0.310 e. The summed E-state index contributed by atoms with van der Waals surface area (Å²) in [6.07, 6.45) is 7.12. The van der Waals surface area contributed by atoms with Crippen LogP contribution in [0.1, 0.15) is 57.1 Å². The van der Waals surface area contributed by atoms with Gasteiger partial charge in [-0.25, -0.2) is 8.78 Å². The number of hydrogen-bond acceptors (Lipinski definition) is 1. The van der Waals surface area contributed by atoms with E-state index in [4.69, 9.17) is 0 Å². The smallest absolute Gasteiger partial charge is 0.130 e. The molecule has 4 atom stereocenters. The van der Waals surface area contributed by atoms with Crippen molar-refractivity contribution in [3.05, 3.63) is 35.4 Å². The van der Waals surface area contributed by atoms with Gasteiger partial charge in [0.15, 0.2) is 0 Å². The summed E-state index contributed by atoms with van der Waals surface area (Å²) >= 11 is 0. The molecule has 1 aromatic carbocycles. The van der Waals surface area contributed by atoms with Gasteiger partial charge in [-0.2, -0.15) is 0 Å². The minimum atomic E-state index is -0.410. The fourth-order valence-electron chi connectivity index (χ4n) is 4.43. The van der Waals surface area contributed by atoms with Crippen LogP contribution in [0.5, 0.6) is 0 Å². The van der Waals surface area contributed by atoms with E-state index in [1.165, 1.54) is 43.9 Å². The van der Waals surface area contributed by atoms with Crippen molar-refractivity contribution in [2.24, 2.45) is 17.8 Å². The molecule has 4 unspecified atom stereocenters. The second-order valence-electron chi connectivity index (χ2n) is 6.81. The lowest BCUT2D eigenvalue weighted by molar-refractivity contribution is 0.273. The first-order chi connectivity index (χ1) is 10.2. The summed E-state index contributed by atoms with van der Waals surface area (Å²) in [4.78, 5) is 0. The molecule has 0 aliphatic heterocycles. The van der Waals surface area contributed by atoms with Crippen molar-refractivity contribution in [3.63, 3.8) is 0 Å². The van der Waals surface area contributed by atoms with Gasteiger partial charge >= 0.3 is 0 Å². The Hall–Kier alpha value is -0.960. The van der Waals surface area contributed by atoms with Crippen LogP contribution in [0.3, 0.4) is 0 Å². The van der Waals surface area contributed by atoms with E-state index in [1.807, 2.05) is 0 Å². The molecule has 3 rings (SSSR count). The highest BCUT2D eigenvalue weighted by molar-refractivity contribution is 5.23. The van der Waals surface area contributed by atoms with Gasteiger partial charge in [-0.1, -0.05) is 19.4 Å². The molecule has 2 bridgehead atoms. The third-order valence-corrected chi connectivity index (χ3v) is 5.41. The number of fused-ring (bicyclic) bond motifs is 2. The highest BCUT2D eigenvalue weighted by Gasteiger charge is 2.40. The van der Waals surface area contributed by atoms with E-state index in [-0.39, 0.29) is 11.6 Å². The summed E-state index contributed by atoms with van der Waals surface area (Å²) < 4.78 is 28.2. The van der Waals surface area contributed by atoms with Crippen molar-refractivity contribution >= 4 is 0 Å². The average Bonchev–Trinajstić information content (AvgIpc) is 3.06. The average molecular weight is 293 g/mol. The molecule has 2 fully saturated rings. The highest BCUT2D eigenvalue weighted by Crippen LogP contribution is 2.51. The quantitative estimate of drug-likeness (QED) is 0.792. The third-order valence-electron chi connectivity index (χ3n) is 5.41. The first-order valence-corrected chi connectivity index (χ1v) is 8.36. The van der Waals surface area contributed by atoms with E-state index in [1.54, 1.807) is 0 Å². The molecule has 21 heavy (non-hydrogen) atoms. The Balaban J connectivity index is 1.77. The molecule has 3 heteroatoms. The van der Waals surface area contributed by atoms with Gasteiger partial charge < -0.3 is 5.32 Å². The van der Waals surface area contributed by atoms with Crippen molar-refractivity contribution < 1.29 is 8.78 Å². The van der Waals surface area contributed by atoms with Gasteiger partial charge in [-0.15, -0.1) is 0 Å². The van der Waals surface area contributed by atoms with Crippen LogP contribution in [0.4, 0.5) is 8.78 Å². The molecule has 0 radical (unpaired) electrons. The summed E-state index contributed by atoms with van der Waals surface area (Å²) in [6.45, 7) is 2.89. The van der Waals surface area contributed by atoms with Crippen LogP contribution in [0, 0.1) is 29.4 Å². The summed E-state index contributed by atoms with van der Waals surface area (Å²) in [5.74, 6) is 1.48. The van der Waals surface area contributed by atoms with E-state index in [0.717, 1.165) is 31.2 Å². The number of rotatable bonds is 6. The molecule has 0 amide bonds. The largest absolute Gasteiger partial charge is 0.310 e. The lowest BCUT2D eigenvalue weighted by Gasteiger charge is -2.28. The Morgan fingerprint density at radius 3 is 2.52 bits per heavy atom. The number of halogens is 2. The summed E-state index contributed by atoms with van der Waals surface area (Å²) in [5.41, 5.74) is 0.244. The molecule has 0 heterocycles. The monoisotopic (exact) mass is 293 g/mol. The molecule has 0 saturated heterocycles. The maximum atomic E-state index is 14.1. The van der Waals surface area contributed by atoms with E-state index in [9.17, 15) is 8.78 Å². The number of hydrogen-bond donors (Lipinski definition) is 1. The van der Waals surface area contributed by atoms with Crippen molar-refractivity contribution in [3.8, 4) is 0 Å². The maximum absolute atomic E-state index is 14.1. The van der Waals surface area contributed by atoms with Gasteiger partial charge in [0, 0.05) is 11.6 Å². The molecule has 0 aromatic heterocycles. The zero-order chi connectivity index (χ0) is 14.8. The zero-order valence-corrected chi connectivity index (χ0v) is 12.7.